The molecule has 0 aliphatic heterocycles. The highest BCUT2D eigenvalue weighted by molar-refractivity contribution is 6.31. The number of rotatable bonds is 3. The van der Waals surface area contributed by atoms with Crippen molar-refractivity contribution >= 4 is 40.8 Å². The summed E-state index contributed by atoms with van der Waals surface area (Å²) < 4.78 is 0. The van der Waals surface area contributed by atoms with Crippen molar-refractivity contribution in [3.63, 3.8) is 0 Å². The Bertz CT molecular complexity index is 702. The maximum absolute atomic E-state index is 10.8. The molecule has 0 fully saturated rings. The lowest BCUT2D eigenvalue weighted by atomic mass is 10.2. The van der Waals surface area contributed by atoms with E-state index in [1.165, 1.54) is 12.3 Å². The molecule has 7 heteroatoms. The molecule has 0 aliphatic rings. The van der Waals surface area contributed by atoms with Crippen molar-refractivity contribution in [2.24, 2.45) is 4.99 Å². The SMILES string of the molecule is O=[N+]([O-])c1cc(Cl)cc(C=Nc2cccc(Cl)c2)c1O. The van der Waals surface area contributed by atoms with Crippen molar-refractivity contribution in [2.75, 3.05) is 0 Å². The first kappa shape index (κ1) is 14.3. The number of benzene rings is 2. The molecule has 2 aromatic carbocycles. The van der Waals surface area contributed by atoms with E-state index in [2.05, 4.69) is 4.99 Å². The zero-order valence-corrected chi connectivity index (χ0v) is 11.5. The molecule has 0 bridgehead atoms. The predicted octanol–water partition coefficient (Wildman–Crippen LogP) is 4.36. The number of halogens is 2. The average molecular weight is 311 g/mol. The van der Waals surface area contributed by atoms with Gasteiger partial charge >= 0.3 is 5.69 Å². The first-order chi connectivity index (χ1) is 9.47. The van der Waals surface area contributed by atoms with Crippen LogP contribution in [0.4, 0.5) is 11.4 Å². The molecule has 0 unspecified atom stereocenters. The van der Waals surface area contributed by atoms with Crippen molar-refractivity contribution in [3.05, 3.63) is 62.1 Å². The number of phenols is 1. The zero-order chi connectivity index (χ0) is 14.7. The van der Waals surface area contributed by atoms with Gasteiger partial charge in [0.1, 0.15) is 0 Å². The summed E-state index contributed by atoms with van der Waals surface area (Å²) in [5.74, 6) is -0.481. The molecule has 0 heterocycles. The molecule has 0 radical (unpaired) electrons. The monoisotopic (exact) mass is 310 g/mol. The van der Waals surface area contributed by atoms with Gasteiger partial charge in [0.05, 0.1) is 10.6 Å². The van der Waals surface area contributed by atoms with E-state index < -0.39 is 16.4 Å². The molecule has 0 spiro atoms. The van der Waals surface area contributed by atoms with Gasteiger partial charge in [-0.1, -0.05) is 29.3 Å². The fraction of sp³-hybridized carbons (Fsp3) is 0. The van der Waals surface area contributed by atoms with Crippen molar-refractivity contribution in [2.45, 2.75) is 0 Å². The Balaban J connectivity index is 2.41. The molecule has 0 atom stereocenters. The van der Waals surface area contributed by atoms with E-state index in [0.29, 0.717) is 10.7 Å². The standard InChI is InChI=1S/C13H8Cl2N2O3/c14-9-2-1-3-11(5-9)16-7-8-4-10(15)6-12(13(8)18)17(19)20/h1-7,18H. The lowest BCUT2D eigenvalue weighted by molar-refractivity contribution is -0.385. The zero-order valence-electron chi connectivity index (χ0n) is 9.96. The average Bonchev–Trinajstić information content (AvgIpc) is 2.39. The third-order valence-corrected chi connectivity index (χ3v) is 2.89. The Morgan fingerprint density at radius 1 is 1.20 bits per heavy atom. The van der Waals surface area contributed by atoms with E-state index in [-0.39, 0.29) is 10.6 Å². The third kappa shape index (κ3) is 3.26. The molecule has 102 valence electrons. The minimum atomic E-state index is -0.710. The summed E-state index contributed by atoms with van der Waals surface area (Å²) in [6.07, 6.45) is 1.29. The number of nitrogens with zero attached hydrogens (tertiary/aromatic N) is 2. The van der Waals surface area contributed by atoms with Gasteiger partial charge in [0, 0.05) is 27.9 Å². The number of hydrogen-bond donors (Lipinski definition) is 1. The summed E-state index contributed by atoms with van der Waals surface area (Å²) >= 11 is 11.6. The number of aliphatic imine (C=N–C) groups is 1. The van der Waals surface area contributed by atoms with Crippen LogP contribution in [0.25, 0.3) is 0 Å². The Labute approximate surface area is 124 Å². The lowest BCUT2D eigenvalue weighted by Crippen LogP contribution is -1.92. The molecule has 2 rings (SSSR count). The van der Waals surface area contributed by atoms with E-state index >= 15 is 0 Å². The molecule has 1 N–H and O–H groups in total. The number of nitro groups is 1. The highest BCUT2D eigenvalue weighted by atomic mass is 35.5. The molecular weight excluding hydrogens is 303 g/mol. The predicted molar refractivity (Wildman–Crippen MR) is 78.5 cm³/mol. The number of phenolic OH excluding ortho intramolecular Hbond substituents is 1. The van der Waals surface area contributed by atoms with Crippen LogP contribution in [0.2, 0.25) is 10.0 Å². The molecular formula is C13H8Cl2N2O3. The quantitative estimate of drug-likeness (QED) is 0.520. The second-order valence-electron chi connectivity index (χ2n) is 3.86. The van der Waals surface area contributed by atoms with Gasteiger partial charge in [0.2, 0.25) is 5.75 Å². The summed E-state index contributed by atoms with van der Waals surface area (Å²) in [4.78, 5) is 14.1. The van der Waals surface area contributed by atoms with Gasteiger partial charge in [-0.05, 0) is 24.3 Å². The summed E-state index contributed by atoms with van der Waals surface area (Å²) in [7, 11) is 0. The van der Waals surface area contributed by atoms with Gasteiger partial charge in [-0.3, -0.25) is 15.1 Å². The fourth-order valence-electron chi connectivity index (χ4n) is 1.54. The number of aromatic hydroxyl groups is 1. The van der Waals surface area contributed by atoms with Gasteiger partial charge in [-0.2, -0.15) is 0 Å². The minimum absolute atomic E-state index is 0.141. The maximum Gasteiger partial charge on any atom is 0.312 e. The van der Waals surface area contributed by atoms with Crippen molar-refractivity contribution in [1.29, 1.82) is 0 Å². The van der Waals surface area contributed by atoms with Crippen molar-refractivity contribution in [3.8, 4) is 5.75 Å². The van der Waals surface area contributed by atoms with E-state index in [0.717, 1.165) is 6.07 Å². The molecule has 0 saturated carbocycles. The molecule has 0 aliphatic carbocycles. The normalized spacial score (nSPS) is 10.9. The van der Waals surface area contributed by atoms with Crippen LogP contribution >= 0.6 is 23.2 Å². The summed E-state index contributed by atoms with van der Waals surface area (Å²) in [6.45, 7) is 0. The van der Waals surface area contributed by atoms with Crippen LogP contribution < -0.4 is 0 Å². The molecule has 0 amide bonds. The molecule has 5 nitrogen and oxygen atoms in total. The van der Waals surface area contributed by atoms with E-state index in [1.807, 2.05) is 0 Å². The smallest absolute Gasteiger partial charge is 0.312 e. The maximum atomic E-state index is 10.8. The second kappa shape index (κ2) is 5.90. The van der Waals surface area contributed by atoms with Crippen LogP contribution in [0.5, 0.6) is 5.75 Å². The second-order valence-corrected chi connectivity index (χ2v) is 4.73. The van der Waals surface area contributed by atoms with Crippen LogP contribution in [-0.2, 0) is 0 Å². The third-order valence-electron chi connectivity index (χ3n) is 2.44. The minimum Gasteiger partial charge on any atom is -0.502 e. The van der Waals surface area contributed by atoms with Gasteiger partial charge in [0.15, 0.2) is 0 Å². The summed E-state index contributed by atoms with van der Waals surface area (Å²) in [5, 5.41) is 21.2. The first-order valence-electron chi connectivity index (χ1n) is 5.44. The highest BCUT2D eigenvalue weighted by Gasteiger charge is 2.17. The van der Waals surface area contributed by atoms with Gasteiger partial charge < -0.3 is 5.11 Å². The first-order valence-corrected chi connectivity index (χ1v) is 6.19. The molecule has 0 saturated heterocycles. The Morgan fingerprint density at radius 3 is 2.60 bits per heavy atom. The van der Waals surface area contributed by atoms with Crippen LogP contribution in [0, 0.1) is 10.1 Å². The van der Waals surface area contributed by atoms with Crippen LogP contribution in [0.15, 0.2) is 41.4 Å². The lowest BCUT2D eigenvalue weighted by Gasteiger charge is -2.01. The van der Waals surface area contributed by atoms with Crippen LogP contribution in [0.1, 0.15) is 5.56 Å². The van der Waals surface area contributed by atoms with Gasteiger partial charge in [0.25, 0.3) is 0 Å². The summed E-state index contributed by atoms with van der Waals surface area (Å²) in [5.41, 5.74) is 0.244. The van der Waals surface area contributed by atoms with Crippen LogP contribution in [0.3, 0.4) is 0 Å². The molecule has 20 heavy (non-hydrogen) atoms. The topological polar surface area (TPSA) is 75.7 Å². The van der Waals surface area contributed by atoms with E-state index in [4.69, 9.17) is 23.2 Å². The van der Waals surface area contributed by atoms with Crippen molar-refractivity contribution in [1.82, 2.24) is 0 Å². The highest BCUT2D eigenvalue weighted by Crippen LogP contribution is 2.32. The Hall–Kier alpha value is -2.11. The Morgan fingerprint density at radius 2 is 1.95 bits per heavy atom. The number of hydrogen-bond acceptors (Lipinski definition) is 4. The van der Waals surface area contributed by atoms with E-state index in [9.17, 15) is 15.2 Å². The van der Waals surface area contributed by atoms with Gasteiger partial charge in [-0.25, -0.2) is 0 Å². The van der Waals surface area contributed by atoms with Crippen molar-refractivity contribution < 1.29 is 10.0 Å². The van der Waals surface area contributed by atoms with Crippen LogP contribution in [-0.4, -0.2) is 16.2 Å². The summed E-state index contributed by atoms with van der Waals surface area (Å²) in [6, 6.07) is 9.20. The Kier molecular flexibility index (Phi) is 4.22. The molecule has 0 aromatic heterocycles. The molecule has 2 aromatic rings. The fourth-order valence-corrected chi connectivity index (χ4v) is 1.95. The number of nitro benzene ring substituents is 1. The van der Waals surface area contributed by atoms with Gasteiger partial charge in [-0.15, -0.1) is 0 Å². The van der Waals surface area contributed by atoms with E-state index in [1.54, 1.807) is 24.3 Å². The largest absolute Gasteiger partial charge is 0.502 e.